The van der Waals surface area contributed by atoms with Crippen molar-refractivity contribution in [1.29, 1.82) is 0 Å². The zero-order valence-corrected chi connectivity index (χ0v) is 12.0. The molecule has 1 aromatic carbocycles. The van der Waals surface area contributed by atoms with Crippen LogP contribution in [0.5, 0.6) is 0 Å². The van der Waals surface area contributed by atoms with Crippen LogP contribution in [-0.2, 0) is 5.33 Å². The Bertz CT molecular complexity index is 447. The largest absolute Gasteiger partial charge is 0.366 e. The van der Waals surface area contributed by atoms with E-state index in [-0.39, 0.29) is 10.6 Å². The second kappa shape index (κ2) is 5.69. The van der Waals surface area contributed by atoms with Crippen LogP contribution >= 0.6 is 15.9 Å². The van der Waals surface area contributed by atoms with Crippen LogP contribution < -0.4 is 4.90 Å². The third kappa shape index (κ3) is 3.02. The maximum Gasteiger partial charge on any atom is 0.292 e. The first-order chi connectivity index (χ1) is 8.65. The fraction of sp³-hybridized carbons (Fsp3) is 0.538. The third-order valence-electron chi connectivity index (χ3n) is 3.29. The topological polar surface area (TPSA) is 46.4 Å². The Morgan fingerprint density at radius 2 is 2.22 bits per heavy atom. The molecule has 5 heteroatoms. The normalized spacial score (nSPS) is 14.6. The fourth-order valence-corrected chi connectivity index (χ4v) is 2.42. The summed E-state index contributed by atoms with van der Waals surface area (Å²) >= 11 is 3.33. The van der Waals surface area contributed by atoms with Crippen LogP contribution in [0.25, 0.3) is 0 Å². The number of nitro benzene ring substituents is 1. The number of benzene rings is 1. The lowest BCUT2D eigenvalue weighted by Gasteiger charge is -2.22. The summed E-state index contributed by atoms with van der Waals surface area (Å²) in [6, 6.07) is 5.49. The maximum absolute atomic E-state index is 11.2. The lowest BCUT2D eigenvalue weighted by Crippen LogP contribution is -2.26. The molecule has 4 nitrogen and oxygen atoms in total. The van der Waals surface area contributed by atoms with Gasteiger partial charge in [-0.15, -0.1) is 0 Å². The number of rotatable bonds is 6. The first-order valence-corrected chi connectivity index (χ1v) is 7.36. The number of nitrogens with zero attached hydrogens (tertiary/aromatic N) is 2. The van der Waals surface area contributed by atoms with E-state index in [9.17, 15) is 10.1 Å². The number of alkyl halides is 1. The van der Waals surface area contributed by atoms with Crippen LogP contribution in [0.1, 0.15) is 25.3 Å². The molecule has 0 atom stereocenters. The van der Waals surface area contributed by atoms with Crippen LogP contribution in [0.3, 0.4) is 0 Å². The molecule has 1 fully saturated rings. The first-order valence-electron chi connectivity index (χ1n) is 6.24. The molecule has 0 heterocycles. The highest BCUT2D eigenvalue weighted by Gasteiger charge is 2.27. The molecule has 0 spiro atoms. The molecule has 98 valence electrons. The Balaban J connectivity index is 2.30. The third-order valence-corrected chi connectivity index (χ3v) is 3.94. The van der Waals surface area contributed by atoms with Gasteiger partial charge in [-0.25, -0.2) is 0 Å². The van der Waals surface area contributed by atoms with E-state index in [4.69, 9.17) is 0 Å². The van der Waals surface area contributed by atoms with Crippen molar-refractivity contribution >= 4 is 27.3 Å². The van der Waals surface area contributed by atoms with Crippen molar-refractivity contribution in [3.05, 3.63) is 33.9 Å². The highest BCUT2D eigenvalue weighted by molar-refractivity contribution is 9.08. The van der Waals surface area contributed by atoms with Gasteiger partial charge < -0.3 is 4.90 Å². The minimum Gasteiger partial charge on any atom is -0.366 e. The van der Waals surface area contributed by atoms with Gasteiger partial charge >= 0.3 is 0 Å². The summed E-state index contributed by atoms with van der Waals surface area (Å²) in [5, 5.41) is 11.8. The Morgan fingerprint density at radius 1 is 1.50 bits per heavy atom. The van der Waals surface area contributed by atoms with E-state index in [1.165, 1.54) is 12.8 Å². The number of anilines is 1. The summed E-state index contributed by atoms with van der Waals surface area (Å²) in [4.78, 5) is 13.0. The SMILES string of the molecule is CCN(CC1CC1)c1ccc(CBr)cc1[N+](=O)[O-]. The molecule has 0 amide bonds. The van der Waals surface area contributed by atoms with Crippen LogP contribution in [-0.4, -0.2) is 18.0 Å². The molecule has 0 aliphatic heterocycles. The Hall–Kier alpha value is -1.10. The number of hydrogen-bond acceptors (Lipinski definition) is 3. The standard InChI is InChI=1S/C13H17BrN2O2/c1-2-15(9-10-3-4-10)12-6-5-11(8-14)7-13(12)16(17)18/h5-7,10H,2-4,8-9H2,1H3. The van der Waals surface area contributed by atoms with Crippen molar-refractivity contribution in [1.82, 2.24) is 0 Å². The molecular formula is C13H17BrN2O2. The van der Waals surface area contributed by atoms with Gasteiger partial charge in [-0.1, -0.05) is 22.0 Å². The molecule has 0 saturated heterocycles. The van der Waals surface area contributed by atoms with Gasteiger partial charge in [0.05, 0.1) is 4.92 Å². The van der Waals surface area contributed by atoms with Crippen molar-refractivity contribution in [2.24, 2.45) is 5.92 Å². The molecule has 0 aromatic heterocycles. The van der Waals surface area contributed by atoms with Gasteiger partial charge in [0.2, 0.25) is 0 Å². The average molecular weight is 313 g/mol. The van der Waals surface area contributed by atoms with Crippen LogP contribution in [0.15, 0.2) is 18.2 Å². The van der Waals surface area contributed by atoms with Crippen LogP contribution in [0.4, 0.5) is 11.4 Å². The van der Waals surface area contributed by atoms with Crippen molar-refractivity contribution < 1.29 is 4.92 Å². The molecule has 1 aromatic rings. The van der Waals surface area contributed by atoms with E-state index in [0.717, 1.165) is 30.3 Å². The number of halogens is 1. The summed E-state index contributed by atoms with van der Waals surface area (Å²) in [5.41, 5.74) is 1.90. The monoisotopic (exact) mass is 312 g/mol. The van der Waals surface area contributed by atoms with E-state index in [1.54, 1.807) is 6.07 Å². The summed E-state index contributed by atoms with van der Waals surface area (Å²) in [5.74, 6) is 0.723. The van der Waals surface area contributed by atoms with Crippen LogP contribution in [0, 0.1) is 16.0 Å². The molecular weight excluding hydrogens is 296 g/mol. The zero-order chi connectivity index (χ0) is 13.1. The van der Waals surface area contributed by atoms with Gasteiger partial charge in [-0.3, -0.25) is 10.1 Å². The van der Waals surface area contributed by atoms with Gasteiger partial charge in [0.25, 0.3) is 5.69 Å². The maximum atomic E-state index is 11.2. The lowest BCUT2D eigenvalue weighted by atomic mass is 10.1. The number of nitro groups is 1. The first kappa shape index (κ1) is 13.3. The fourth-order valence-electron chi connectivity index (χ4n) is 2.08. The van der Waals surface area contributed by atoms with Crippen LogP contribution in [0.2, 0.25) is 0 Å². The molecule has 0 radical (unpaired) electrons. The minimum atomic E-state index is -0.281. The van der Waals surface area contributed by atoms with Gasteiger partial charge in [0, 0.05) is 24.5 Å². The average Bonchev–Trinajstić information content (AvgIpc) is 3.19. The molecule has 18 heavy (non-hydrogen) atoms. The van der Waals surface area contributed by atoms with E-state index in [0.29, 0.717) is 5.33 Å². The quantitative estimate of drug-likeness (QED) is 0.457. The zero-order valence-electron chi connectivity index (χ0n) is 10.4. The molecule has 0 bridgehead atoms. The van der Waals surface area contributed by atoms with Crippen molar-refractivity contribution in [3.63, 3.8) is 0 Å². The molecule has 2 rings (SSSR count). The molecule has 1 saturated carbocycles. The second-order valence-electron chi connectivity index (χ2n) is 4.70. The van der Waals surface area contributed by atoms with Gasteiger partial charge in [-0.05, 0) is 37.3 Å². The van der Waals surface area contributed by atoms with E-state index < -0.39 is 0 Å². The Morgan fingerprint density at radius 3 is 2.72 bits per heavy atom. The predicted molar refractivity (Wildman–Crippen MR) is 76.3 cm³/mol. The van der Waals surface area contributed by atoms with Gasteiger partial charge in [0.15, 0.2) is 0 Å². The van der Waals surface area contributed by atoms with E-state index in [2.05, 4.69) is 20.8 Å². The second-order valence-corrected chi connectivity index (χ2v) is 5.26. The Kier molecular flexibility index (Phi) is 4.22. The number of hydrogen-bond donors (Lipinski definition) is 0. The molecule has 1 aliphatic rings. The summed E-state index contributed by atoms with van der Waals surface area (Å²) in [6.45, 7) is 3.79. The van der Waals surface area contributed by atoms with Gasteiger partial charge in [-0.2, -0.15) is 0 Å². The van der Waals surface area contributed by atoms with E-state index >= 15 is 0 Å². The van der Waals surface area contributed by atoms with E-state index in [1.807, 2.05) is 19.1 Å². The smallest absolute Gasteiger partial charge is 0.292 e. The molecule has 0 unspecified atom stereocenters. The highest BCUT2D eigenvalue weighted by atomic mass is 79.9. The Labute approximate surface area is 115 Å². The van der Waals surface area contributed by atoms with Crippen molar-refractivity contribution in [2.75, 3.05) is 18.0 Å². The van der Waals surface area contributed by atoms with Crippen molar-refractivity contribution in [2.45, 2.75) is 25.1 Å². The predicted octanol–water partition coefficient (Wildman–Crippen LogP) is 3.73. The van der Waals surface area contributed by atoms with Gasteiger partial charge in [0.1, 0.15) is 5.69 Å². The summed E-state index contributed by atoms with van der Waals surface area (Å²) in [7, 11) is 0. The molecule has 0 N–H and O–H groups in total. The molecule has 1 aliphatic carbocycles. The highest BCUT2D eigenvalue weighted by Crippen LogP contribution is 2.35. The lowest BCUT2D eigenvalue weighted by molar-refractivity contribution is -0.384. The summed E-state index contributed by atoms with van der Waals surface area (Å²) < 4.78 is 0. The summed E-state index contributed by atoms with van der Waals surface area (Å²) in [6.07, 6.45) is 2.51. The van der Waals surface area contributed by atoms with Crippen molar-refractivity contribution in [3.8, 4) is 0 Å². The minimum absolute atomic E-state index is 0.217.